The van der Waals surface area contributed by atoms with Gasteiger partial charge in [0, 0.05) is 17.2 Å². The average molecular weight is 249 g/mol. The molecule has 0 aliphatic heterocycles. The predicted molar refractivity (Wildman–Crippen MR) is 80.8 cm³/mol. The van der Waals surface area contributed by atoms with Gasteiger partial charge in [-0.25, -0.2) is 0 Å². The van der Waals surface area contributed by atoms with Crippen molar-refractivity contribution in [2.24, 2.45) is 5.73 Å². The van der Waals surface area contributed by atoms with E-state index in [2.05, 4.69) is 50.0 Å². The molecule has 0 spiro atoms. The third-order valence-corrected chi connectivity index (χ3v) is 3.18. The van der Waals surface area contributed by atoms with Crippen molar-refractivity contribution in [3.05, 3.63) is 70.8 Å². The van der Waals surface area contributed by atoms with E-state index in [1.165, 1.54) is 11.1 Å². The van der Waals surface area contributed by atoms with Gasteiger partial charge in [-0.05, 0) is 43.2 Å². The molecule has 2 aromatic carbocycles. The van der Waals surface area contributed by atoms with Crippen molar-refractivity contribution < 1.29 is 0 Å². The van der Waals surface area contributed by atoms with E-state index in [4.69, 9.17) is 5.73 Å². The molecule has 0 saturated heterocycles. The predicted octanol–water partition coefficient (Wildman–Crippen LogP) is 3.80. The van der Waals surface area contributed by atoms with Gasteiger partial charge in [0.15, 0.2) is 0 Å². The van der Waals surface area contributed by atoms with Gasteiger partial charge in [-0.15, -0.1) is 0 Å². The molecule has 1 atom stereocenters. The number of rotatable bonds is 2. The average Bonchev–Trinajstić information content (AvgIpc) is 2.46. The van der Waals surface area contributed by atoms with E-state index in [9.17, 15) is 0 Å². The van der Waals surface area contributed by atoms with Crippen LogP contribution in [0.4, 0.5) is 0 Å². The minimum Gasteiger partial charge on any atom is -0.324 e. The summed E-state index contributed by atoms with van der Waals surface area (Å²) in [5.74, 6) is 6.34. The van der Waals surface area contributed by atoms with Crippen LogP contribution in [0.1, 0.15) is 41.6 Å². The van der Waals surface area contributed by atoms with E-state index in [1.54, 1.807) is 0 Å². The first-order chi connectivity index (χ1) is 9.19. The van der Waals surface area contributed by atoms with Gasteiger partial charge in [-0.2, -0.15) is 0 Å². The largest absolute Gasteiger partial charge is 0.324 e. The number of aryl methyl sites for hydroxylation is 1. The van der Waals surface area contributed by atoms with Gasteiger partial charge in [0.1, 0.15) is 0 Å². The first kappa shape index (κ1) is 13.4. The lowest BCUT2D eigenvalue weighted by molar-refractivity contribution is 0.699. The lowest BCUT2D eigenvalue weighted by Gasteiger charge is -2.08. The summed E-state index contributed by atoms with van der Waals surface area (Å²) >= 11 is 0. The summed E-state index contributed by atoms with van der Waals surface area (Å²) in [6, 6.07) is 16.6. The van der Waals surface area contributed by atoms with Crippen LogP contribution in [-0.4, -0.2) is 0 Å². The van der Waals surface area contributed by atoms with Gasteiger partial charge in [0.25, 0.3) is 0 Å². The molecule has 0 heterocycles. The first-order valence-electron chi connectivity index (χ1n) is 6.63. The van der Waals surface area contributed by atoms with Gasteiger partial charge >= 0.3 is 0 Å². The molecule has 2 N–H and O–H groups in total. The molecule has 1 heteroatoms. The van der Waals surface area contributed by atoms with Crippen molar-refractivity contribution in [2.45, 2.75) is 26.3 Å². The van der Waals surface area contributed by atoms with Gasteiger partial charge in [0.2, 0.25) is 0 Å². The summed E-state index contributed by atoms with van der Waals surface area (Å²) in [6.45, 7) is 4.17. The van der Waals surface area contributed by atoms with Crippen LogP contribution < -0.4 is 5.73 Å². The number of nitrogens with two attached hydrogens (primary N) is 1. The first-order valence-corrected chi connectivity index (χ1v) is 6.63. The second-order valence-electron chi connectivity index (χ2n) is 4.75. The molecule has 0 aliphatic carbocycles. The molecule has 0 radical (unpaired) electrons. The Morgan fingerprint density at radius 2 is 1.37 bits per heavy atom. The van der Waals surface area contributed by atoms with E-state index in [-0.39, 0.29) is 6.04 Å². The maximum atomic E-state index is 5.99. The van der Waals surface area contributed by atoms with Crippen molar-refractivity contribution in [1.82, 2.24) is 0 Å². The van der Waals surface area contributed by atoms with Crippen molar-refractivity contribution in [1.29, 1.82) is 0 Å². The minimum atomic E-state index is 0.124. The summed E-state index contributed by atoms with van der Waals surface area (Å²) in [7, 11) is 0. The van der Waals surface area contributed by atoms with E-state index < -0.39 is 0 Å². The highest BCUT2D eigenvalue weighted by molar-refractivity contribution is 5.44. The normalized spacial score (nSPS) is 11.5. The van der Waals surface area contributed by atoms with Crippen LogP contribution in [-0.2, 0) is 0 Å². The highest BCUT2D eigenvalue weighted by Crippen LogP contribution is 2.14. The van der Waals surface area contributed by atoms with E-state index in [0.717, 1.165) is 17.5 Å². The van der Waals surface area contributed by atoms with E-state index >= 15 is 0 Å². The van der Waals surface area contributed by atoms with Crippen molar-refractivity contribution in [3.8, 4) is 11.8 Å². The topological polar surface area (TPSA) is 26.0 Å². The molecule has 0 bridgehead atoms. The summed E-state index contributed by atoms with van der Waals surface area (Å²) in [5, 5.41) is 0. The molecule has 0 amide bonds. The van der Waals surface area contributed by atoms with Crippen molar-refractivity contribution >= 4 is 0 Å². The molecule has 1 unspecified atom stereocenters. The molecule has 2 aromatic rings. The molecular weight excluding hydrogens is 230 g/mol. The smallest absolute Gasteiger partial charge is 0.0292 e. The summed E-state index contributed by atoms with van der Waals surface area (Å²) in [4.78, 5) is 0. The van der Waals surface area contributed by atoms with Crippen LogP contribution in [0.5, 0.6) is 0 Å². The fourth-order valence-electron chi connectivity index (χ4n) is 1.83. The zero-order chi connectivity index (χ0) is 13.7. The number of hydrogen-bond donors (Lipinski definition) is 1. The highest BCUT2D eigenvalue weighted by atomic mass is 14.6. The molecular formula is C18H19N. The van der Waals surface area contributed by atoms with Gasteiger partial charge in [0.05, 0.1) is 0 Å². The van der Waals surface area contributed by atoms with Gasteiger partial charge in [-0.1, -0.05) is 48.6 Å². The second kappa shape index (κ2) is 6.22. The monoisotopic (exact) mass is 249 g/mol. The lowest BCUT2D eigenvalue weighted by Crippen LogP contribution is -2.08. The standard InChI is InChI=1S/C18H19N/c1-3-18(19)17-12-10-16(11-13-17)9-8-15-6-4-14(2)5-7-15/h4-7,10-13,18H,3,19H2,1-2H3. The third kappa shape index (κ3) is 3.71. The minimum absolute atomic E-state index is 0.124. The Morgan fingerprint density at radius 3 is 1.84 bits per heavy atom. The van der Waals surface area contributed by atoms with Crippen LogP contribution in [0.3, 0.4) is 0 Å². The SMILES string of the molecule is CCC(N)c1ccc(C#Cc2ccc(C)cc2)cc1. The van der Waals surface area contributed by atoms with E-state index in [0.29, 0.717) is 0 Å². The zero-order valence-corrected chi connectivity index (χ0v) is 11.5. The van der Waals surface area contributed by atoms with Crippen LogP contribution in [0.25, 0.3) is 0 Å². The molecule has 0 saturated carbocycles. The Kier molecular flexibility index (Phi) is 4.39. The van der Waals surface area contributed by atoms with Crippen LogP contribution >= 0.6 is 0 Å². The van der Waals surface area contributed by atoms with Gasteiger partial charge in [-0.3, -0.25) is 0 Å². The Bertz CT molecular complexity index is 582. The summed E-state index contributed by atoms with van der Waals surface area (Å²) in [5.41, 5.74) is 10.5. The fraction of sp³-hybridized carbons (Fsp3) is 0.222. The summed E-state index contributed by atoms with van der Waals surface area (Å²) < 4.78 is 0. The quantitative estimate of drug-likeness (QED) is 0.805. The zero-order valence-electron chi connectivity index (χ0n) is 11.5. The van der Waals surface area contributed by atoms with Crippen molar-refractivity contribution in [2.75, 3.05) is 0 Å². The Morgan fingerprint density at radius 1 is 0.895 bits per heavy atom. The lowest BCUT2D eigenvalue weighted by atomic mass is 10.0. The van der Waals surface area contributed by atoms with E-state index in [1.807, 2.05) is 24.3 Å². The van der Waals surface area contributed by atoms with Crippen LogP contribution in [0.2, 0.25) is 0 Å². The summed E-state index contributed by atoms with van der Waals surface area (Å²) in [6.07, 6.45) is 0.953. The second-order valence-corrected chi connectivity index (χ2v) is 4.75. The molecule has 1 nitrogen and oxygen atoms in total. The number of hydrogen-bond acceptors (Lipinski definition) is 1. The highest BCUT2D eigenvalue weighted by Gasteiger charge is 2.01. The Labute approximate surface area is 115 Å². The maximum Gasteiger partial charge on any atom is 0.0292 e. The Balaban J connectivity index is 2.14. The number of benzene rings is 2. The van der Waals surface area contributed by atoms with Crippen molar-refractivity contribution in [3.63, 3.8) is 0 Å². The molecule has 0 aromatic heterocycles. The maximum absolute atomic E-state index is 5.99. The molecule has 96 valence electrons. The fourth-order valence-corrected chi connectivity index (χ4v) is 1.83. The molecule has 0 fully saturated rings. The molecule has 2 rings (SSSR count). The Hall–Kier alpha value is -2.04. The molecule has 19 heavy (non-hydrogen) atoms. The molecule has 0 aliphatic rings. The van der Waals surface area contributed by atoms with Gasteiger partial charge < -0.3 is 5.73 Å². The van der Waals surface area contributed by atoms with Crippen LogP contribution in [0, 0.1) is 18.8 Å². The third-order valence-electron chi connectivity index (χ3n) is 3.18. The van der Waals surface area contributed by atoms with Crippen LogP contribution in [0.15, 0.2) is 48.5 Å².